The van der Waals surface area contributed by atoms with Crippen molar-refractivity contribution >= 4 is 12.0 Å². The van der Waals surface area contributed by atoms with Crippen molar-refractivity contribution in [1.82, 2.24) is 15.1 Å². The van der Waals surface area contributed by atoms with Crippen LogP contribution in [0.25, 0.3) is 0 Å². The molecular formula is C21H39N3O3. The highest BCUT2D eigenvalue weighted by Crippen LogP contribution is 2.23. The number of hydrogen-bond donors (Lipinski definition) is 1. The molecule has 0 bridgehead atoms. The smallest absolute Gasteiger partial charge is 0.410 e. The Morgan fingerprint density at radius 2 is 1.74 bits per heavy atom. The summed E-state index contributed by atoms with van der Waals surface area (Å²) in [7, 11) is 1.80. The van der Waals surface area contributed by atoms with Gasteiger partial charge in [-0.2, -0.15) is 0 Å². The minimum absolute atomic E-state index is 0.140. The predicted molar refractivity (Wildman–Crippen MR) is 108 cm³/mol. The summed E-state index contributed by atoms with van der Waals surface area (Å²) in [5.74, 6) is 1.20. The molecule has 2 amide bonds. The van der Waals surface area contributed by atoms with E-state index >= 15 is 0 Å². The molecule has 1 heterocycles. The van der Waals surface area contributed by atoms with Crippen molar-refractivity contribution < 1.29 is 14.3 Å². The zero-order chi connectivity index (χ0) is 19.9. The summed E-state index contributed by atoms with van der Waals surface area (Å²) in [6.07, 6.45) is 8.35. The first-order chi connectivity index (χ1) is 12.7. The first-order valence-electron chi connectivity index (χ1n) is 10.7. The third-order valence-corrected chi connectivity index (χ3v) is 5.52. The second-order valence-electron chi connectivity index (χ2n) is 9.41. The number of rotatable bonds is 6. The van der Waals surface area contributed by atoms with E-state index in [0.717, 1.165) is 32.5 Å². The number of amides is 2. The van der Waals surface area contributed by atoms with Crippen molar-refractivity contribution in [3.8, 4) is 0 Å². The number of likely N-dealkylation sites (tertiary alicyclic amines) is 1. The Hall–Kier alpha value is -1.30. The van der Waals surface area contributed by atoms with Gasteiger partial charge in [-0.15, -0.1) is 0 Å². The Balaban J connectivity index is 1.69. The number of hydrogen-bond acceptors (Lipinski definition) is 4. The lowest BCUT2D eigenvalue weighted by molar-refractivity contribution is -0.123. The van der Waals surface area contributed by atoms with Gasteiger partial charge in [-0.25, -0.2) is 4.79 Å². The van der Waals surface area contributed by atoms with Gasteiger partial charge in [0.25, 0.3) is 0 Å². The van der Waals surface area contributed by atoms with Crippen LogP contribution in [-0.4, -0.2) is 67.2 Å². The van der Waals surface area contributed by atoms with E-state index in [9.17, 15) is 9.59 Å². The Kier molecular flexibility index (Phi) is 8.39. The third-order valence-electron chi connectivity index (χ3n) is 5.52. The van der Waals surface area contributed by atoms with E-state index in [1.165, 1.54) is 32.1 Å². The van der Waals surface area contributed by atoms with Crippen molar-refractivity contribution in [3.05, 3.63) is 0 Å². The van der Waals surface area contributed by atoms with E-state index in [4.69, 9.17) is 4.74 Å². The van der Waals surface area contributed by atoms with Gasteiger partial charge in [0, 0.05) is 26.7 Å². The zero-order valence-electron chi connectivity index (χ0n) is 17.8. The molecule has 6 nitrogen and oxygen atoms in total. The summed E-state index contributed by atoms with van der Waals surface area (Å²) in [6.45, 7) is 9.45. The summed E-state index contributed by atoms with van der Waals surface area (Å²) in [5.41, 5.74) is -0.472. The normalized spacial score (nSPS) is 22.3. The summed E-state index contributed by atoms with van der Waals surface area (Å²) < 4.78 is 5.43. The highest BCUT2D eigenvalue weighted by molar-refractivity contribution is 5.78. The van der Waals surface area contributed by atoms with Crippen LogP contribution in [0, 0.1) is 11.8 Å². The number of carbonyl (C=O) groups is 2. The van der Waals surface area contributed by atoms with Crippen molar-refractivity contribution in [3.63, 3.8) is 0 Å². The molecule has 1 aliphatic heterocycles. The van der Waals surface area contributed by atoms with Crippen LogP contribution in [0.1, 0.15) is 65.7 Å². The minimum Gasteiger partial charge on any atom is -0.444 e. The maximum atomic E-state index is 12.3. The fourth-order valence-electron chi connectivity index (χ4n) is 4.15. The Morgan fingerprint density at radius 3 is 2.41 bits per heavy atom. The predicted octanol–water partition coefficient (Wildman–Crippen LogP) is 3.26. The standard InChI is InChI=1S/C21H39N3O3/c1-21(2,3)27-20(26)23(4)14-18-11-8-12-24(15-18)16-19(25)22-13-17-9-6-5-7-10-17/h17-18H,5-16H2,1-4H3,(H,22,25). The van der Waals surface area contributed by atoms with Gasteiger partial charge in [0.05, 0.1) is 6.54 Å². The zero-order valence-corrected chi connectivity index (χ0v) is 17.8. The number of nitrogens with zero attached hydrogens (tertiary/aromatic N) is 2. The summed E-state index contributed by atoms with van der Waals surface area (Å²) in [5, 5.41) is 3.13. The van der Waals surface area contributed by atoms with Gasteiger partial charge in [0.2, 0.25) is 5.91 Å². The average Bonchev–Trinajstić information content (AvgIpc) is 2.60. The largest absolute Gasteiger partial charge is 0.444 e. The van der Waals surface area contributed by atoms with Gasteiger partial charge in [0.15, 0.2) is 0 Å². The van der Waals surface area contributed by atoms with E-state index in [1.54, 1.807) is 11.9 Å². The van der Waals surface area contributed by atoms with Crippen molar-refractivity contribution in [2.75, 3.05) is 39.8 Å². The lowest BCUT2D eigenvalue weighted by Gasteiger charge is -2.34. The van der Waals surface area contributed by atoms with Gasteiger partial charge in [-0.3, -0.25) is 9.69 Å². The first kappa shape index (κ1) is 22.0. The molecule has 0 radical (unpaired) electrons. The van der Waals surface area contributed by atoms with Gasteiger partial charge < -0.3 is 15.0 Å². The van der Waals surface area contributed by atoms with Crippen LogP contribution in [0.3, 0.4) is 0 Å². The van der Waals surface area contributed by atoms with Crippen LogP contribution in [0.2, 0.25) is 0 Å². The molecule has 1 N–H and O–H groups in total. The molecule has 1 saturated carbocycles. The second-order valence-corrected chi connectivity index (χ2v) is 9.41. The average molecular weight is 382 g/mol. The van der Waals surface area contributed by atoms with Gasteiger partial charge in [-0.05, 0) is 64.8 Å². The molecule has 1 atom stereocenters. The van der Waals surface area contributed by atoms with Crippen LogP contribution < -0.4 is 5.32 Å². The van der Waals surface area contributed by atoms with Crippen molar-refractivity contribution in [2.45, 2.75) is 71.3 Å². The van der Waals surface area contributed by atoms with Crippen LogP contribution in [-0.2, 0) is 9.53 Å². The molecule has 0 spiro atoms. The lowest BCUT2D eigenvalue weighted by Crippen LogP contribution is -2.46. The molecule has 2 aliphatic rings. The second kappa shape index (κ2) is 10.3. The minimum atomic E-state index is -0.472. The van der Waals surface area contributed by atoms with Crippen LogP contribution in [0.5, 0.6) is 0 Å². The Morgan fingerprint density at radius 1 is 1.07 bits per heavy atom. The Labute approximate surface area is 165 Å². The highest BCUT2D eigenvalue weighted by Gasteiger charge is 2.26. The molecule has 0 aromatic rings. The maximum absolute atomic E-state index is 12.3. The molecule has 0 aromatic carbocycles. The molecule has 2 fully saturated rings. The highest BCUT2D eigenvalue weighted by atomic mass is 16.6. The summed E-state index contributed by atoms with van der Waals surface area (Å²) >= 11 is 0. The molecule has 156 valence electrons. The monoisotopic (exact) mass is 381 g/mol. The number of piperidine rings is 1. The third kappa shape index (κ3) is 8.50. The molecule has 2 rings (SSSR count). The number of nitrogens with one attached hydrogen (secondary N) is 1. The van der Waals surface area contributed by atoms with Gasteiger partial charge >= 0.3 is 6.09 Å². The van der Waals surface area contributed by atoms with Crippen LogP contribution in [0.4, 0.5) is 4.79 Å². The number of carbonyl (C=O) groups excluding carboxylic acids is 2. The van der Waals surface area contributed by atoms with Crippen LogP contribution in [0.15, 0.2) is 0 Å². The SMILES string of the molecule is CN(CC1CCCN(CC(=O)NCC2CCCCC2)C1)C(=O)OC(C)(C)C. The van der Waals surface area contributed by atoms with E-state index in [1.807, 2.05) is 20.8 Å². The molecule has 1 saturated heterocycles. The maximum Gasteiger partial charge on any atom is 0.410 e. The molecule has 27 heavy (non-hydrogen) atoms. The summed E-state index contributed by atoms with van der Waals surface area (Å²) in [4.78, 5) is 28.4. The molecule has 0 aromatic heterocycles. The lowest BCUT2D eigenvalue weighted by atomic mass is 9.89. The molecule has 1 unspecified atom stereocenters. The van der Waals surface area contributed by atoms with Crippen molar-refractivity contribution in [1.29, 1.82) is 0 Å². The van der Waals surface area contributed by atoms with Crippen LogP contribution >= 0.6 is 0 Å². The Bertz CT molecular complexity index is 484. The van der Waals surface area contributed by atoms with Gasteiger partial charge in [-0.1, -0.05) is 19.3 Å². The van der Waals surface area contributed by atoms with E-state index in [0.29, 0.717) is 24.9 Å². The first-order valence-corrected chi connectivity index (χ1v) is 10.7. The molecular weight excluding hydrogens is 342 g/mol. The molecule has 1 aliphatic carbocycles. The van der Waals surface area contributed by atoms with E-state index in [-0.39, 0.29) is 12.0 Å². The van der Waals surface area contributed by atoms with E-state index in [2.05, 4.69) is 10.2 Å². The van der Waals surface area contributed by atoms with Crippen molar-refractivity contribution in [2.24, 2.45) is 11.8 Å². The molecule has 6 heteroatoms. The summed E-state index contributed by atoms with van der Waals surface area (Å²) in [6, 6.07) is 0. The fraction of sp³-hybridized carbons (Fsp3) is 0.905. The van der Waals surface area contributed by atoms with Gasteiger partial charge in [0.1, 0.15) is 5.60 Å². The number of ether oxygens (including phenoxy) is 1. The fourth-order valence-corrected chi connectivity index (χ4v) is 4.15. The van der Waals surface area contributed by atoms with E-state index < -0.39 is 5.60 Å². The quantitative estimate of drug-likeness (QED) is 0.767. The topological polar surface area (TPSA) is 61.9 Å².